The number of hydrogen-bond donors (Lipinski definition) is 2. The molecule has 2 rings (SSSR count). The number of methoxy groups -OCH3 is 1. The Morgan fingerprint density at radius 1 is 1.36 bits per heavy atom. The standard InChI is InChI=1S/C18H23N3O6S/c1-12-14(5-6-15(19-12)27-3)13-7-9-21(16(22)11-13)10-8-18(2,17(23)20-24)28(4,25)26/h5-7,9,11,24H,8,10H2,1-4H3,(H,20,23). The summed E-state index contributed by atoms with van der Waals surface area (Å²) >= 11 is 0. The Kier molecular flexibility index (Phi) is 6.25. The van der Waals surface area contributed by atoms with Gasteiger partial charge in [0, 0.05) is 42.4 Å². The maximum Gasteiger partial charge on any atom is 0.264 e. The number of hydroxylamine groups is 1. The van der Waals surface area contributed by atoms with Gasteiger partial charge in [-0.25, -0.2) is 18.9 Å². The van der Waals surface area contributed by atoms with Crippen molar-refractivity contribution in [2.75, 3.05) is 13.4 Å². The number of amides is 1. The molecule has 0 aliphatic rings. The van der Waals surface area contributed by atoms with Crippen molar-refractivity contribution in [1.29, 1.82) is 0 Å². The van der Waals surface area contributed by atoms with Gasteiger partial charge in [-0.05, 0) is 38.0 Å². The lowest BCUT2D eigenvalue weighted by atomic mass is 10.0. The summed E-state index contributed by atoms with van der Waals surface area (Å²) in [6.45, 7) is 2.99. The highest BCUT2D eigenvalue weighted by atomic mass is 32.2. The zero-order chi connectivity index (χ0) is 21.1. The first kappa shape index (κ1) is 21.6. The second-order valence-electron chi connectivity index (χ2n) is 6.63. The van der Waals surface area contributed by atoms with Crippen LogP contribution in [0.5, 0.6) is 5.88 Å². The molecule has 0 aliphatic heterocycles. The van der Waals surface area contributed by atoms with Gasteiger partial charge in [0.05, 0.1) is 7.11 Å². The Balaban J connectivity index is 2.30. The number of aromatic nitrogens is 2. The average molecular weight is 409 g/mol. The molecule has 9 nitrogen and oxygen atoms in total. The first-order valence-corrected chi connectivity index (χ1v) is 10.3. The van der Waals surface area contributed by atoms with E-state index in [0.717, 1.165) is 11.8 Å². The molecule has 10 heteroatoms. The van der Waals surface area contributed by atoms with Gasteiger partial charge in [0.25, 0.3) is 11.5 Å². The Labute approximate surface area is 162 Å². The van der Waals surface area contributed by atoms with Crippen molar-refractivity contribution in [2.45, 2.75) is 31.6 Å². The van der Waals surface area contributed by atoms with Gasteiger partial charge in [-0.15, -0.1) is 0 Å². The van der Waals surface area contributed by atoms with Crippen LogP contribution < -0.4 is 15.8 Å². The average Bonchev–Trinajstić information content (AvgIpc) is 2.64. The summed E-state index contributed by atoms with van der Waals surface area (Å²) in [7, 11) is -2.31. The lowest BCUT2D eigenvalue weighted by molar-refractivity contribution is -0.131. The van der Waals surface area contributed by atoms with E-state index in [0.29, 0.717) is 17.1 Å². The Bertz CT molecular complexity index is 1050. The van der Waals surface area contributed by atoms with Crippen LogP contribution in [0, 0.1) is 6.92 Å². The number of ether oxygens (including phenoxy) is 1. The van der Waals surface area contributed by atoms with Crippen LogP contribution >= 0.6 is 0 Å². The minimum Gasteiger partial charge on any atom is -0.481 e. The van der Waals surface area contributed by atoms with Gasteiger partial charge in [0.2, 0.25) is 5.88 Å². The molecule has 1 amide bonds. The highest BCUT2D eigenvalue weighted by Gasteiger charge is 2.43. The summed E-state index contributed by atoms with van der Waals surface area (Å²) in [5.74, 6) is -0.573. The van der Waals surface area contributed by atoms with Gasteiger partial charge in [-0.1, -0.05) is 0 Å². The monoisotopic (exact) mass is 409 g/mol. The number of hydrogen-bond acceptors (Lipinski definition) is 7. The number of pyridine rings is 2. The fraction of sp³-hybridized carbons (Fsp3) is 0.389. The summed E-state index contributed by atoms with van der Waals surface area (Å²) in [6, 6.07) is 6.62. The highest BCUT2D eigenvalue weighted by Crippen LogP contribution is 2.24. The highest BCUT2D eigenvalue weighted by molar-refractivity contribution is 7.92. The maximum atomic E-state index is 12.5. The number of nitrogens with zero attached hydrogens (tertiary/aromatic N) is 2. The molecule has 0 aliphatic carbocycles. The molecule has 1 unspecified atom stereocenters. The fourth-order valence-electron chi connectivity index (χ4n) is 2.74. The molecule has 0 aromatic carbocycles. The van der Waals surface area contributed by atoms with E-state index >= 15 is 0 Å². The molecule has 2 N–H and O–H groups in total. The van der Waals surface area contributed by atoms with Crippen LogP contribution in [0.3, 0.4) is 0 Å². The molecule has 0 radical (unpaired) electrons. The zero-order valence-electron chi connectivity index (χ0n) is 16.1. The molecule has 0 fully saturated rings. The van der Waals surface area contributed by atoms with E-state index in [9.17, 15) is 18.0 Å². The minimum absolute atomic E-state index is 0.0179. The summed E-state index contributed by atoms with van der Waals surface area (Å²) in [5.41, 5.74) is 3.16. The van der Waals surface area contributed by atoms with Gasteiger partial charge in [-0.3, -0.25) is 14.8 Å². The fourth-order valence-corrected chi connectivity index (χ4v) is 3.58. The number of sulfone groups is 1. The van der Waals surface area contributed by atoms with Crippen LogP contribution in [0.2, 0.25) is 0 Å². The SMILES string of the molecule is COc1ccc(-c2ccn(CCC(C)(C(=O)NO)S(C)(=O)=O)c(=O)c2)c(C)n1. The predicted molar refractivity (Wildman–Crippen MR) is 103 cm³/mol. The predicted octanol–water partition coefficient (Wildman–Crippen LogP) is 0.926. The first-order chi connectivity index (χ1) is 13.0. The minimum atomic E-state index is -3.83. The normalized spacial score (nSPS) is 13.6. The van der Waals surface area contributed by atoms with E-state index in [4.69, 9.17) is 9.94 Å². The molecule has 2 aromatic rings. The largest absolute Gasteiger partial charge is 0.481 e. The number of aryl methyl sites for hydroxylation is 2. The number of rotatable bonds is 7. The number of carbonyl (C=O) groups excluding carboxylic acids is 1. The quantitative estimate of drug-likeness (QED) is 0.514. The summed E-state index contributed by atoms with van der Waals surface area (Å²) < 4.78 is 28.5. The van der Waals surface area contributed by atoms with Gasteiger partial charge in [0.15, 0.2) is 14.6 Å². The van der Waals surface area contributed by atoms with Crippen LogP contribution in [0.1, 0.15) is 19.0 Å². The van der Waals surface area contributed by atoms with Crippen LogP contribution in [-0.2, 0) is 21.2 Å². The van der Waals surface area contributed by atoms with Crippen LogP contribution in [-0.4, -0.2) is 47.2 Å². The van der Waals surface area contributed by atoms with Crippen LogP contribution in [0.4, 0.5) is 0 Å². The topological polar surface area (TPSA) is 128 Å². The van der Waals surface area contributed by atoms with E-state index in [1.807, 2.05) is 0 Å². The summed E-state index contributed by atoms with van der Waals surface area (Å²) in [4.78, 5) is 28.6. The van der Waals surface area contributed by atoms with Crippen molar-refractivity contribution < 1.29 is 23.2 Å². The molecule has 0 saturated carbocycles. The Morgan fingerprint density at radius 2 is 2.04 bits per heavy atom. The molecule has 1 atom stereocenters. The lowest BCUT2D eigenvalue weighted by Crippen LogP contribution is -2.49. The third-order valence-corrected chi connectivity index (χ3v) is 6.83. The summed E-state index contributed by atoms with van der Waals surface area (Å²) in [5, 5.41) is 8.86. The molecular weight excluding hydrogens is 386 g/mol. The van der Waals surface area contributed by atoms with Crippen molar-refractivity contribution in [3.8, 4) is 17.0 Å². The molecule has 2 heterocycles. The van der Waals surface area contributed by atoms with Gasteiger partial charge < -0.3 is 9.30 Å². The lowest BCUT2D eigenvalue weighted by Gasteiger charge is -2.25. The van der Waals surface area contributed by atoms with E-state index in [2.05, 4.69) is 4.98 Å². The third-order valence-electron chi connectivity index (χ3n) is 4.81. The molecule has 0 bridgehead atoms. The Morgan fingerprint density at radius 3 is 2.54 bits per heavy atom. The molecule has 0 spiro atoms. The third kappa shape index (κ3) is 4.23. The second kappa shape index (κ2) is 8.11. The van der Waals surface area contributed by atoms with E-state index in [1.54, 1.807) is 25.1 Å². The van der Waals surface area contributed by atoms with Gasteiger partial charge in [0.1, 0.15) is 0 Å². The molecule has 0 saturated heterocycles. The molecule has 2 aromatic heterocycles. The molecular formula is C18H23N3O6S. The molecule has 28 heavy (non-hydrogen) atoms. The van der Waals surface area contributed by atoms with Crippen molar-refractivity contribution in [3.05, 3.63) is 46.5 Å². The first-order valence-electron chi connectivity index (χ1n) is 8.40. The molecule has 152 valence electrons. The summed E-state index contributed by atoms with van der Waals surface area (Å²) in [6.07, 6.45) is 2.26. The van der Waals surface area contributed by atoms with Crippen LogP contribution in [0.15, 0.2) is 35.3 Å². The number of carbonyl (C=O) groups is 1. The van der Waals surface area contributed by atoms with Gasteiger partial charge >= 0.3 is 0 Å². The van der Waals surface area contributed by atoms with Crippen molar-refractivity contribution in [2.24, 2.45) is 0 Å². The van der Waals surface area contributed by atoms with E-state index < -0.39 is 20.5 Å². The van der Waals surface area contributed by atoms with E-state index in [-0.39, 0.29) is 18.5 Å². The van der Waals surface area contributed by atoms with Crippen LogP contribution in [0.25, 0.3) is 11.1 Å². The van der Waals surface area contributed by atoms with E-state index in [1.165, 1.54) is 36.3 Å². The smallest absolute Gasteiger partial charge is 0.264 e. The van der Waals surface area contributed by atoms with Gasteiger partial charge in [-0.2, -0.15) is 0 Å². The maximum absolute atomic E-state index is 12.5. The van der Waals surface area contributed by atoms with Crippen molar-refractivity contribution >= 4 is 15.7 Å². The zero-order valence-corrected chi connectivity index (χ0v) is 16.9. The van der Waals surface area contributed by atoms with Crippen molar-refractivity contribution in [3.63, 3.8) is 0 Å². The second-order valence-corrected chi connectivity index (χ2v) is 9.07. The van der Waals surface area contributed by atoms with Crippen molar-refractivity contribution in [1.82, 2.24) is 15.0 Å². The number of nitrogens with one attached hydrogen (secondary N) is 1. The Hall–Kier alpha value is -2.72.